The molecule has 5 heterocycles. The summed E-state index contributed by atoms with van der Waals surface area (Å²) in [6, 6.07) is 3.90. The zero-order chi connectivity index (χ0) is 20.9. The summed E-state index contributed by atoms with van der Waals surface area (Å²) in [5, 5.41) is 11.5. The lowest BCUT2D eigenvalue weighted by Gasteiger charge is -2.07. The third kappa shape index (κ3) is 3.23. The Morgan fingerprint density at radius 3 is 2.73 bits per heavy atom. The van der Waals surface area contributed by atoms with Gasteiger partial charge in [-0.1, -0.05) is 0 Å². The summed E-state index contributed by atoms with van der Waals surface area (Å²) >= 11 is 0. The van der Waals surface area contributed by atoms with Gasteiger partial charge in [0.05, 0.1) is 17.9 Å². The van der Waals surface area contributed by atoms with Crippen LogP contribution < -0.4 is 5.32 Å². The normalized spacial score (nSPS) is 12.1. The minimum Gasteiger partial charge on any atom is -0.345 e. The highest BCUT2D eigenvalue weighted by atomic mass is 19.4. The minimum atomic E-state index is -4.34. The Morgan fingerprint density at radius 2 is 1.97 bits per heavy atom. The summed E-state index contributed by atoms with van der Waals surface area (Å²) in [6.07, 6.45) is 6.26. The lowest BCUT2D eigenvalue weighted by atomic mass is 10.1. The fourth-order valence-corrected chi connectivity index (χ4v) is 3.34. The number of aryl methyl sites for hydroxylation is 1. The standard InChI is InChI=1S/C19H15F3N8/c1-29-9-12(5-26-29)14-8-27-30-3-2-11(4-16(14)30)13-6-23-17-15(13)7-24-18(28-17)25-10-19(20,21)22/h2-9H,10H2,1H3,(H2,23,24,25,28). The molecule has 0 saturated heterocycles. The zero-order valence-corrected chi connectivity index (χ0v) is 15.6. The van der Waals surface area contributed by atoms with Crippen molar-refractivity contribution < 1.29 is 13.2 Å². The molecule has 8 nitrogen and oxygen atoms in total. The van der Waals surface area contributed by atoms with Crippen LogP contribution in [0.15, 0.2) is 49.3 Å². The average molecular weight is 412 g/mol. The molecule has 0 radical (unpaired) electrons. The molecule has 0 atom stereocenters. The Balaban J connectivity index is 1.53. The average Bonchev–Trinajstić information content (AvgIpc) is 3.42. The van der Waals surface area contributed by atoms with Crippen LogP contribution in [0.2, 0.25) is 0 Å². The largest absolute Gasteiger partial charge is 0.405 e. The van der Waals surface area contributed by atoms with E-state index in [1.54, 1.807) is 27.8 Å². The van der Waals surface area contributed by atoms with Crippen molar-refractivity contribution in [3.8, 4) is 22.3 Å². The summed E-state index contributed by atoms with van der Waals surface area (Å²) in [7, 11) is 1.85. The first-order valence-corrected chi connectivity index (χ1v) is 8.99. The molecule has 0 aliphatic heterocycles. The van der Waals surface area contributed by atoms with Gasteiger partial charge in [-0.2, -0.15) is 28.4 Å². The molecule has 0 saturated carbocycles. The SMILES string of the molecule is Cn1cc(-c2cnn3ccc(-c4c[nH]c5nc(NCC(F)(F)F)ncc45)cc23)cn1. The topological polar surface area (TPSA) is 88.7 Å². The van der Waals surface area contributed by atoms with E-state index >= 15 is 0 Å². The van der Waals surface area contributed by atoms with E-state index in [4.69, 9.17) is 0 Å². The fraction of sp³-hybridized carbons (Fsp3) is 0.158. The molecule has 0 spiro atoms. The summed E-state index contributed by atoms with van der Waals surface area (Å²) in [5.41, 5.74) is 4.99. The van der Waals surface area contributed by atoms with Gasteiger partial charge in [-0.25, -0.2) is 9.50 Å². The van der Waals surface area contributed by atoms with Gasteiger partial charge in [0.1, 0.15) is 12.2 Å². The molecule has 5 rings (SSSR count). The monoisotopic (exact) mass is 412 g/mol. The van der Waals surface area contributed by atoms with E-state index in [1.807, 2.05) is 31.6 Å². The maximum atomic E-state index is 12.4. The van der Waals surface area contributed by atoms with E-state index in [0.717, 1.165) is 27.8 Å². The molecule has 0 aliphatic rings. The molecule has 0 aliphatic carbocycles. The van der Waals surface area contributed by atoms with Gasteiger partial charge in [-0.15, -0.1) is 0 Å². The minimum absolute atomic E-state index is 0.0849. The van der Waals surface area contributed by atoms with Crippen molar-refractivity contribution in [2.75, 3.05) is 11.9 Å². The molecule has 0 unspecified atom stereocenters. The maximum absolute atomic E-state index is 12.4. The number of aromatic nitrogens is 7. The van der Waals surface area contributed by atoms with Gasteiger partial charge in [0, 0.05) is 53.9 Å². The number of alkyl halides is 3. The van der Waals surface area contributed by atoms with Crippen LogP contribution in [-0.2, 0) is 7.05 Å². The molecule has 30 heavy (non-hydrogen) atoms. The number of aromatic amines is 1. The molecule has 152 valence electrons. The summed E-state index contributed by atoms with van der Waals surface area (Å²) in [4.78, 5) is 11.2. The molecule has 0 bridgehead atoms. The smallest absolute Gasteiger partial charge is 0.345 e. The lowest BCUT2D eigenvalue weighted by molar-refractivity contribution is -0.115. The summed E-state index contributed by atoms with van der Waals surface area (Å²) < 4.78 is 40.7. The van der Waals surface area contributed by atoms with Crippen molar-refractivity contribution in [2.24, 2.45) is 7.05 Å². The van der Waals surface area contributed by atoms with E-state index < -0.39 is 12.7 Å². The van der Waals surface area contributed by atoms with E-state index in [9.17, 15) is 13.2 Å². The predicted molar refractivity (Wildman–Crippen MR) is 105 cm³/mol. The van der Waals surface area contributed by atoms with Gasteiger partial charge in [0.25, 0.3) is 0 Å². The maximum Gasteiger partial charge on any atom is 0.405 e. The van der Waals surface area contributed by atoms with Crippen molar-refractivity contribution in [3.05, 3.63) is 49.3 Å². The Hall–Kier alpha value is -3.89. The van der Waals surface area contributed by atoms with Crippen molar-refractivity contribution in [2.45, 2.75) is 6.18 Å². The number of pyridine rings is 1. The molecule has 5 aromatic rings. The fourth-order valence-electron chi connectivity index (χ4n) is 3.34. The molecule has 0 fully saturated rings. The highest BCUT2D eigenvalue weighted by molar-refractivity contribution is 5.95. The van der Waals surface area contributed by atoms with Gasteiger partial charge in [-0.3, -0.25) is 4.68 Å². The van der Waals surface area contributed by atoms with Gasteiger partial charge < -0.3 is 10.3 Å². The van der Waals surface area contributed by atoms with Crippen LogP contribution in [0.3, 0.4) is 0 Å². The number of halogens is 3. The molecular weight excluding hydrogens is 397 g/mol. The molecular formula is C19H15F3N8. The van der Waals surface area contributed by atoms with Crippen molar-refractivity contribution in [3.63, 3.8) is 0 Å². The quantitative estimate of drug-likeness (QED) is 0.471. The van der Waals surface area contributed by atoms with Crippen LogP contribution in [0.4, 0.5) is 19.1 Å². The lowest BCUT2D eigenvalue weighted by Crippen LogP contribution is -2.22. The van der Waals surface area contributed by atoms with E-state index in [1.165, 1.54) is 6.20 Å². The van der Waals surface area contributed by atoms with E-state index in [2.05, 4.69) is 30.5 Å². The van der Waals surface area contributed by atoms with Gasteiger partial charge >= 0.3 is 6.18 Å². The first-order chi connectivity index (χ1) is 14.4. The number of nitrogens with zero attached hydrogens (tertiary/aromatic N) is 6. The number of anilines is 1. The summed E-state index contributed by atoms with van der Waals surface area (Å²) in [6.45, 7) is -1.19. The zero-order valence-electron chi connectivity index (χ0n) is 15.6. The van der Waals surface area contributed by atoms with Gasteiger partial charge in [0.15, 0.2) is 0 Å². The van der Waals surface area contributed by atoms with Crippen LogP contribution in [0.25, 0.3) is 38.8 Å². The van der Waals surface area contributed by atoms with Gasteiger partial charge in [0.2, 0.25) is 5.95 Å². The Morgan fingerprint density at radius 1 is 1.10 bits per heavy atom. The second-order valence-corrected chi connectivity index (χ2v) is 6.83. The van der Waals surface area contributed by atoms with Crippen LogP contribution in [-0.4, -0.2) is 47.1 Å². The predicted octanol–water partition coefficient (Wildman–Crippen LogP) is 3.65. The summed E-state index contributed by atoms with van der Waals surface area (Å²) in [5.74, 6) is -0.0849. The Kier molecular flexibility index (Phi) is 3.98. The van der Waals surface area contributed by atoms with Crippen molar-refractivity contribution in [1.29, 1.82) is 0 Å². The highest BCUT2D eigenvalue weighted by Crippen LogP contribution is 2.31. The number of rotatable bonds is 4. The third-order valence-electron chi connectivity index (χ3n) is 4.73. The second-order valence-electron chi connectivity index (χ2n) is 6.83. The molecule has 11 heteroatoms. The second kappa shape index (κ2) is 6.58. The number of nitrogens with one attached hydrogen (secondary N) is 2. The number of hydrogen-bond acceptors (Lipinski definition) is 5. The first kappa shape index (κ1) is 18.2. The van der Waals surface area contributed by atoms with Crippen molar-refractivity contribution >= 4 is 22.5 Å². The Bertz CT molecular complexity index is 1360. The van der Waals surface area contributed by atoms with E-state index in [-0.39, 0.29) is 5.95 Å². The van der Waals surface area contributed by atoms with Crippen LogP contribution in [0.1, 0.15) is 0 Å². The van der Waals surface area contributed by atoms with Crippen molar-refractivity contribution in [1.82, 2.24) is 34.3 Å². The molecule has 2 N–H and O–H groups in total. The van der Waals surface area contributed by atoms with E-state index in [0.29, 0.717) is 11.0 Å². The number of fused-ring (bicyclic) bond motifs is 2. The molecule has 0 amide bonds. The molecule has 0 aromatic carbocycles. The number of hydrogen-bond donors (Lipinski definition) is 2. The van der Waals surface area contributed by atoms with Gasteiger partial charge in [-0.05, 0) is 17.7 Å². The highest BCUT2D eigenvalue weighted by Gasteiger charge is 2.27. The van der Waals surface area contributed by atoms with Crippen LogP contribution >= 0.6 is 0 Å². The third-order valence-corrected chi connectivity index (χ3v) is 4.73. The van der Waals surface area contributed by atoms with Crippen LogP contribution in [0.5, 0.6) is 0 Å². The first-order valence-electron chi connectivity index (χ1n) is 8.99. The molecule has 5 aromatic heterocycles. The Labute approximate surface area is 167 Å². The van der Waals surface area contributed by atoms with Crippen LogP contribution in [0, 0.1) is 0 Å². The number of H-pyrrole nitrogens is 1.